The van der Waals surface area contributed by atoms with Crippen molar-refractivity contribution in [3.8, 4) is 5.75 Å². The predicted molar refractivity (Wildman–Crippen MR) is 157 cm³/mol. The lowest BCUT2D eigenvalue weighted by Gasteiger charge is -2.33. The lowest BCUT2D eigenvalue weighted by molar-refractivity contribution is -0.140. The number of aliphatic carboxylic acids is 1. The normalized spacial score (nSPS) is 16.3. The van der Waals surface area contributed by atoms with Gasteiger partial charge in [0.25, 0.3) is 5.91 Å². The first kappa shape index (κ1) is 29.7. The second-order valence-electron chi connectivity index (χ2n) is 10.1. The number of nitrogens with one attached hydrogen (secondary N) is 2. The van der Waals surface area contributed by atoms with Gasteiger partial charge in [0, 0.05) is 41.3 Å². The molecule has 0 saturated heterocycles. The first-order chi connectivity index (χ1) is 18.8. The summed E-state index contributed by atoms with van der Waals surface area (Å²) in [7, 11) is 0. The third kappa shape index (κ3) is 8.87. The molecular weight excluding hydrogens is 492 g/mol. The van der Waals surface area contributed by atoms with Crippen LogP contribution in [0.4, 0.5) is 11.4 Å². The molecule has 1 saturated carbocycles. The third-order valence-electron chi connectivity index (χ3n) is 7.15. The Morgan fingerprint density at radius 2 is 1.85 bits per heavy atom. The van der Waals surface area contributed by atoms with Crippen LogP contribution in [0.15, 0.2) is 64.8 Å². The highest BCUT2D eigenvalue weighted by atomic mass is 16.5. The summed E-state index contributed by atoms with van der Waals surface area (Å²) in [5.41, 5.74) is 10.5. The fraction of sp³-hybridized carbons (Fsp3) is 0.452. The van der Waals surface area contributed by atoms with Gasteiger partial charge >= 0.3 is 5.97 Å². The van der Waals surface area contributed by atoms with Crippen molar-refractivity contribution < 1.29 is 19.4 Å². The maximum Gasteiger partial charge on any atom is 0.308 e. The van der Waals surface area contributed by atoms with Crippen molar-refractivity contribution in [1.29, 1.82) is 0 Å². The molecule has 3 rings (SSSR count). The van der Waals surface area contributed by atoms with Gasteiger partial charge < -0.3 is 26.2 Å². The maximum absolute atomic E-state index is 12.5. The number of carboxylic acids is 1. The van der Waals surface area contributed by atoms with E-state index in [0.29, 0.717) is 24.5 Å². The molecule has 39 heavy (non-hydrogen) atoms. The topological polar surface area (TPSA) is 126 Å². The van der Waals surface area contributed by atoms with Crippen molar-refractivity contribution in [2.24, 2.45) is 22.6 Å². The molecule has 8 nitrogen and oxygen atoms in total. The third-order valence-corrected chi connectivity index (χ3v) is 7.15. The Morgan fingerprint density at radius 1 is 1.13 bits per heavy atom. The minimum atomic E-state index is -0.940. The SMILES string of the molecule is CCOc1cccc(N=CC(=C(N)CC)C(Nc2ccc(C(=O)NCC(C)C(=O)O)cc2)C2CCCCC2)c1. The monoisotopic (exact) mass is 534 g/mol. The van der Waals surface area contributed by atoms with Gasteiger partial charge in [-0.25, -0.2) is 0 Å². The fourth-order valence-electron chi connectivity index (χ4n) is 4.78. The second kappa shape index (κ2) is 15.0. The number of nitrogens with two attached hydrogens (primary N) is 1. The maximum atomic E-state index is 12.5. The molecule has 2 aromatic carbocycles. The first-order valence-electron chi connectivity index (χ1n) is 13.9. The molecule has 0 heterocycles. The van der Waals surface area contributed by atoms with E-state index in [1.54, 1.807) is 19.1 Å². The Kier molecular flexibility index (Phi) is 11.4. The van der Waals surface area contributed by atoms with Crippen LogP contribution in [0, 0.1) is 11.8 Å². The Morgan fingerprint density at radius 3 is 2.49 bits per heavy atom. The number of carbonyl (C=O) groups is 2. The van der Waals surface area contributed by atoms with Crippen LogP contribution in [0.1, 0.15) is 69.7 Å². The zero-order valence-electron chi connectivity index (χ0n) is 23.3. The number of carboxylic acid groups (broad SMARTS) is 1. The molecular formula is C31H42N4O4. The molecule has 8 heteroatoms. The number of amides is 1. The Labute approximate surface area is 231 Å². The molecule has 1 amide bonds. The molecule has 2 atom stereocenters. The summed E-state index contributed by atoms with van der Waals surface area (Å²) >= 11 is 0. The first-order valence-corrected chi connectivity index (χ1v) is 13.9. The highest BCUT2D eigenvalue weighted by molar-refractivity contribution is 5.94. The van der Waals surface area contributed by atoms with Crippen LogP contribution in [-0.4, -0.2) is 42.4 Å². The summed E-state index contributed by atoms with van der Waals surface area (Å²) in [4.78, 5) is 28.3. The molecule has 0 bridgehead atoms. The summed E-state index contributed by atoms with van der Waals surface area (Å²) in [5.74, 6) is -0.700. The summed E-state index contributed by atoms with van der Waals surface area (Å²) in [5, 5.41) is 15.4. The van der Waals surface area contributed by atoms with Gasteiger partial charge in [0.15, 0.2) is 0 Å². The smallest absolute Gasteiger partial charge is 0.308 e. The van der Waals surface area contributed by atoms with Gasteiger partial charge in [-0.3, -0.25) is 14.6 Å². The number of allylic oxidation sites excluding steroid dienone is 1. The zero-order chi connectivity index (χ0) is 28.2. The van der Waals surface area contributed by atoms with E-state index in [0.717, 1.165) is 41.2 Å². The largest absolute Gasteiger partial charge is 0.494 e. The number of aliphatic imine (C=N–C) groups is 1. The lowest BCUT2D eigenvalue weighted by Crippen LogP contribution is -2.35. The molecule has 2 unspecified atom stereocenters. The van der Waals surface area contributed by atoms with Crippen LogP contribution in [0.25, 0.3) is 0 Å². The average molecular weight is 535 g/mol. The van der Waals surface area contributed by atoms with Crippen LogP contribution in [0.2, 0.25) is 0 Å². The number of hydrogen-bond acceptors (Lipinski definition) is 6. The van der Waals surface area contributed by atoms with E-state index >= 15 is 0 Å². The van der Waals surface area contributed by atoms with Crippen LogP contribution < -0.4 is 21.1 Å². The second-order valence-corrected chi connectivity index (χ2v) is 10.1. The zero-order valence-corrected chi connectivity index (χ0v) is 23.3. The molecule has 5 N–H and O–H groups in total. The number of anilines is 1. The van der Waals surface area contributed by atoms with E-state index in [1.807, 2.05) is 49.5 Å². The van der Waals surface area contributed by atoms with E-state index in [9.17, 15) is 9.59 Å². The minimum Gasteiger partial charge on any atom is -0.494 e. The average Bonchev–Trinajstić information content (AvgIpc) is 2.96. The summed E-state index contributed by atoms with van der Waals surface area (Å²) in [6.07, 6.45) is 8.42. The van der Waals surface area contributed by atoms with Gasteiger partial charge in [0.2, 0.25) is 0 Å². The van der Waals surface area contributed by atoms with Crippen molar-refractivity contribution in [2.75, 3.05) is 18.5 Å². The standard InChI is InChI=1S/C31H42N4O4/c1-4-28(32)27(20-33-25-12-9-13-26(18-25)39-5-2)29(22-10-7-6-8-11-22)35-24-16-14-23(15-17-24)30(36)34-19-21(3)31(37)38/h9,12-18,20-22,29,35H,4-8,10-11,19,32H2,1-3H3,(H,34,36)(H,37,38). The molecule has 0 aliphatic heterocycles. The highest BCUT2D eigenvalue weighted by Crippen LogP contribution is 2.32. The summed E-state index contributed by atoms with van der Waals surface area (Å²) in [6.45, 7) is 6.24. The molecule has 0 radical (unpaired) electrons. The van der Waals surface area contributed by atoms with Gasteiger partial charge in [-0.1, -0.05) is 39.2 Å². The van der Waals surface area contributed by atoms with Crippen LogP contribution >= 0.6 is 0 Å². The number of rotatable bonds is 13. The molecule has 2 aromatic rings. The number of carbonyl (C=O) groups excluding carboxylic acids is 1. The number of nitrogens with zero attached hydrogens (tertiary/aromatic N) is 1. The van der Waals surface area contributed by atoms with Gasteiger partial charge in [-0.05, 0) is 68.5 Å². The summed E-state index contributed by atoms with van der Waals surface area (Å²) in [6, 6.07) is 15.0. The molecule has 0 spiro atoms. The van der Waals surface area contributed by atoms with E-state index in [-0.39, 0.29) is 18.5 Å². The van der Waals surface area contributed by atoms with Gasteiger partial charge in [0.05, 0.1) is 24.3 Å². The van der Waals surface area contributed by atoms with Crippen molar-refractivity contribution in [3.05, 3.63) is 65.4 Å². The van der Waals surface area contributed by atoms with Gasteiger partial charge in [0.1, 0.15) is 5.75 Å². The van der Waals surface area contributed by atoms with Gasteiger partial charge in [-0.2, -0.15) is 0 Å². The Bertz CT molecular complexity index is 1150. The van der Waals surface area contributed by atoms with Crippen LogP contribution in [-0.2, 0) is 4.79 Å². The van der Waals surface area contributed by atoms with Crippen molar-refractivity contribution >= 4 is 29.5 Å². The molecule has 1 fully saturated rings. The molecule has 1 aliphatic carbocycles. The van der Waals surface area contributed by atoms with Crippen molar-refractivity contribution in [2.45, 2.75) is 65.3 Å². The predicted octanol–water partition coefficient (Wildman–Crippen LogP) is 5.92. The number of ether oxygens (including phenoxy) is 1. The highest BCUT2D eigenvalue weighted by Gasteiger charge is 2.27. The molecule has 1 aliphatic rings. The Hall–Kier alpha value is -3.81. The quantitative estimate of drug-likeness (QED) is 0.236. The minimum absolute atomic E-state index is 0.0276. The molecule has 210 valence electrons. The lowest BCUT2D eigenvalue weighted by atomic mass is 9.80. The number of hydrogen-bond donors (Lipinski definition) is 4. The Balaban J connectivity index is 1.83. The van der Waals surface area contributed by atoms with Gasteiger partial charge in [-0.15, -0.1) is 0 Å². The van der Waals surface area contributed by atoms with E-state index in [1.165, 1.54) is 19.3 Å². The number of benzene rings is 2. The van der Waals surface area contributed by atoms with E-state index in [2.05, 4.69) is 17.6 Å². The van der Waals surface area contributed by atoms with E-state index in [4.69, 9.17) is 20.6 Å². The molecule has 0 aromatic heterocycles. The van der Waals surface area contributed by atoms with Crippen molar-refractivity contribution in [1.82, 2.24) is 5.32 Å². The van der Waals surface area contributed by atoms with Crippen LogP contribution in [0.3, 0.4) is 0 Å². The van der Waals surface area contributed by atoms with Crippen molar-refractivity contribution in [3.63, 3.8) is 0 Å². The fourth-order valence-corrected chi connectivity index (χ4v) is 4.78. The van der Waals surface area contributed by atoms with Crippen LogP contribution in [0.5, 0.6) is 5.75 Å². The summed E-state index contributed by atoms with van der Waals surface area (Å²) < 4.78 is 5.63. The van der Waals surface area contributed by atoms with E-state index < -0.39 is 11.9 Å².